The number of aliphatic hydroxyl groups is 2. The summed E-state index contributed by atoms with van der Waals surface area (Å²) in [4.78, 5) is 26.6. The van der Waals surface area contributed by atoms with Crippen molar-refractivity contribution in [1.29, 1.82) is 0 Å². The van der Waals surface area contributed by atoms with Crippen molar-refractivity contribution in [2.75, 3.05) is 6.61 Å². The molecule has 5 heteroatoms. The maximum absolute atomic E-state index is 13.5. The van der Waals surface area contributed by atoms with Crippen molar-refractivity contribution >= 4 is 11.8 Å². The van der Waals surface area contributed by atoms with Crippen LogP contribution < -0.4 is 0 Å². The van der Waals surface area contributed by atoms with Gasteiger partial charge in [0.2, 0.25) is 0 Å². The Kier molecular flexibility index (Phi) is 6.04. The summed E-state index contributed by atoms with van der Waals surface area (Å²) in [6, 6.07) is 0. The lowest BCUT2D eigenvalue weighted by atomic mass is 9.32. The molecule has 5 aliphatic carbocycles. The Hall–Kier alpha value is -1.20. The molecule has 5 nitrogen and oxygen atoms in total. The molecule has 0 heterocycles. The molecule has 0 aliphatic heterocycles. The predicted molar refractivity (Wildman–Crippen MR) is 144 cm³/mol. The zero-order valence-electron chi connectivity index (χ0n) is 24.2. The predicted octanol–water partition coefficient (Wildman–Crippen LogP) is 6.02. The summed E-state index contributed by atoms with van der Waals surface area (Å²) in [5.41, 5.74) is -0.829. The van der Waals surface area contributed by atoms with Crippen LogP contribution in [0.4, 0.5) is 0 Å². The minimum Gasteiger partial charge on any atom is -0.481 e. The van der Waals surface area contributed by atoms with Gasteiger partial charge in [0.05, 0.1) is 11.5 Å². The Labute approximate surface area is 223 Å². The second-order valence-electron chi connectivity index (χ2n) is 15.4. The number of allylic oxidation sites excluding steroid dienone is 2. The molecule has 37 heavy (non-hydrogen) atoms. The molecule has 4 saturated carbocycles. The summed E-state index contributed by atoms with van der Waals surface area (Å²) in [7, 11) is 0. The number of Topliss-reactive ketones (excluding diaryl/α,β-unsaturated/α-hetero) is 1. The SMILES string of the molecule is C[C@@H]1CC[C@]2(C(=O)O)CC[C@]3(C)C(=CC[C@@H]4[C@@]5(C)CC[C@H](O)C(C)(C)C5CC[C@]43C)[C@@H]2[C@]1(C)C(=O)CO. The topological polar surface area (TPSA) is 94.8 Å². The zero-order chi connectivity index (χ0) is 27.4. The fourth-order valence-corrected chi connectivity index (χ4v) is 11.5. The number of carbonyl (C=O) groups excluding carboxylic acids is 1. The molecule has 0 amide bonds. The van der Waals surface area contributed by atoms with E-state index in [4.69, 9.17) is 0 Å². The lowest BCUT2D eigenvalue weighted by molar-refractivity contribution is -0.211. The van der Waals surface area contributed by atoms with Crippen molar-refractivity contribution in [3.05, 3.63) is 11.6 Å². The molecule has 0 radical (unpaired) electrons. The van der Waals surface area contributed by atoms with E-state index in [-0.39, 0.29) is 45.4 Å². The van der Waals surface area contributed by atoms with Crippen molar-refractivity contribution < 1.29 is 24.9 Å². The first kappa shape index (κ1) is 27.4. The van der Waals surface area contributed by atoms with E-state index in [1.807, 2.05) is 6.92 Å². The molecule has 0 saturated heterocycles. The van der Waals surface area contributed by atoms with Gasteiger partial charge in [-0.25, -0.2) is 0 Å². The molecule has 0 aromatic rings. The summed E-state index contributed by atoms with van der Waals surface area (Å²) >= 11 is 0. The molecule has 208 valence electrons. The molecule has 10 atom stereocenters. The monoisotopic (exact) mass is 514 g/mol. The number of aliphatic hydroxyl groups excluding tert-OH is 2. The molecule has 4 fully saturated rings. The lowest BCUT2D eigenvalue weighted by Crippen LogP contribution is -2.67. The van der Waals surface area contributed by atoms with Crippen molar-refractivity contribution in [3.8, 4) is 0 Å². The van der Waals surface area contributed by atoms with Crippen molar-refractivity contribution in [1.82, 2.24) is 0 Å². The van der Waals surface area contributed by atoms with Gasteiger partial charge in [-0.05, 0) is 97.2 Å². The summed E-state index contributed by atoms with van der Waals surface area (Å²) in [6.07, 6.45) is 9.75. The van der Waals surface area contributed by atoms with E-state index in [1.165, 1.54) is 5.57 Å². The van der Waals surface area contributed by atoms with Crippen molar-refractivity contribution in [2.24, 2.45) is 56.2 Å². The van der Waals surface area contributed by atoms with Crippen LogP contribution in [0.25, 0.3) is 0 Å². The summed E-state index contributed by atoms with van der Waals surface area (Å²) < 4.78 is 0. The number of carboxylic acids is 1. The van der Waals surface area contributed by atoms with Gasteiger partial charge in [-0.2, -0.15) is 0 Å². The zero-order valence-corrected chi connectivity index (χ0v) is 24.2. The Balaban J connectivity index is 1.68. The third-order valence-electron chi connectivity index (χ3n) is 14.2. The van der Waals surface area contributed by atoms with Crippen LogP contribution in [-0.2, 0) is 9.59 Å². The fourth-order valence-electron chi connectivity index (χ4n) is 11.5. The highest BCUT2D eigenvalue weighted by molar-refractivity contribution is 5.89. The van der Waals surface area contributed by atoms with Crippen LogP contribution >= 0.6 is 0 Å². The summed E-state index contributed by atoms with van der Waals surface area (Å²) in [5.74, 6) is -0.419. The first-order valence-corrected chi connectivity index (χ1v) is 14.8. The highest BCUT2D eigenvalue weighted by Gasteiger charge is 2.72. The van der Waals surface area contributed by atoms with Crippen LogP contribution in [0.2, 0.25) is 0 Å². The van der Waals surface area contributed by atoms with E-state index >= 15 is 0 Å². The minimum atomic E-state index is -0.946. The second-order valence-corrected chi connectivity index (χ2v) is 15.4. The molecule has 0 bridgehead atoms. The number of fused-ring (bicyclic) bond motifs is 7. The van der Waals surface area contributed by atoms with Gasteiger partial charge in [0.25, 0.3) is 0 Å². The molecule has 5 aliphatic rings. The highest BCUT2D eigenvalue weighted by Crippen LogP contribution is 2.76. The summed E-state index contributed by atoms with van der Waals surface area (Å²) in [6.45, 7) is 15.3. The van der Waals surface area contributed by atoms with Crippen LogP contribution in [0, 0.1) is 56.2 Å². The molecule has 0 aromatic heterocycles. The van der Waals surface area contributed by atoms with Crippen molar-refractivity contribution in [3.63, 3.8) is 0 Å². The van der Waals surface area contributed by atoms with Crippen LogP contribution in [-0.4, -0.2) is 39.8 Å². The number of aliphatic carboxylic acids is 1. The van der Waals surface area contributed by atoms with E-state index in [2.05, 4.69) is 47.6 Å². The molecule has 0 spiro atoms. The number of hydrogen-bond donors (Lipinski definition) is 3. The first-order chi connectivity index (χ1) is 17.1. The Morgan fingerprint density at radius 2 is 1.59 bits per heavy atom. The van der Waals surface area contributed by atoms with Crippen LogP contribution in [0.3, 0.4) is 0 Å². The van der Waals surface area contributed by atoms with Crippen LogP contribution in [0.1, 0.15) is 106 Å². The minimum absolute atomic E-state index is 0.00474. The second kappa shape index (κ2) is 8.16. The van der Waals surface area contributed by atoms with Gasteiger partial charge in [0.15, 0.2) is 5.78 Å². The standard InChI is InChI=1S/C32H50O5/c1-19-10-15-32(26(36)37)17-16-29(5)20(25(32)31(19,7)24(35)18-33)8-9-22-28(4)13-12-23(34)27(2,3)21(28)11-14-30(22,29)6/h8,19,21-23,25,33-34H,9-18H2,1-7H3,(H,36,37)/t19-,21?,22-,23+,25-,28+,29-,30-,31+,32+/m1/s1. The molecular weight excluding hydrogens is 464 g/mol. The number of hydrogen-bond acceptors (Lipinski definition) is 4. The van der Waals surface area contributed by atoms with Gasteiger partial charge >= 0.3 is 5.97 Å². The molecule has 5 rings (SSSR count). The Morgan fingerprint density at radius 3 is 2.22 bits per heavy atom. The van der Waals surface area contributed by atoms with Gasteiger partial charge in [-0.3, -0.25) is 9.59 Å². The molecular formula is C32H50O5. The van der Waals surface area contributed by atoms with Gasteiger partial charge in [0.1, 0.15) is 6.61 Å². The molecule has 1 unspecified atom stereocenters. The van der Waals surface area contributed by atoms with Gasteiger partial charge in [-0.1, -0.05) is 60.1 Å². The summed E-state index contributed by atoms with van der Waals surface area (Å²) in [5, 5.41) is 31.7. The Bertz CT molecular complexity index is 1030. The maximum Gasteiger partial charge on any atom is 0.310 e. The van der Waals surface area contributed by atoms with Crippen LogP contribution in [0.15, 0.2) is 11.6 Å². The van der Waals surface area contributed by atoms with E-state index in [1.54, 1.807) is 0 Å². The highest BCUT2D eigenvalue weighted by atomic mass is 16.4. The maximum atomic E-state index is 13.5. The first-order valence-electron chi connectivity index (χ1n) is 14.8. The largest absolute Gasteiger partial charge is 0.481 e. The third-order valence-corrected chi connectivity index (χ3v) is 14.2. The molecule has 0 aromatic carbocycles. The lowest BCUT2D eigenvalue weighted by Gasteiger charge is -2.72. The van der Waals surface area contributed by atoms with E-state index in [0.717, 1.165) is 38.5 Å². The number of ketones is 1. The average molecular weight is 515 g/mol. The van der Waals surface area contributed by atoms with Crippen LogP contribution in [0.5, 0.6) is 0 Å². The quantitative estimate of drug-likeness (QED) is 0.400. The smallest absolute Gasteiger partial charge is 0.310 e. The van der Waals surface area contributed by atoms with Gasteiger partial charge in [0, 0.05) is 11.3 Å². The number of rotatable bonds is 3. The van der Waals surface area contributed by atoms with E-state index in [0.29, 0.717) is 31.1 Å². The van der Waals surface area contributed by atoms with E-state index < -0.39 is 23.4 Å². The number of carbonyl (C=O) groups is 2. The number of carboxylic acid groups (broad SMARTS) is 1. The van der Waals surface area contributed by atoms with Gasteiger partial charge < -0.3 is 15.3 Å². The average Bonchev–Trinajstić information content (AvgIpc) is 2.83. The fraction of sp³-hybridized carbons (Fsp3) is 0.875. The van der Waals surface area contributed by atoms with E-state index in [9.17, 15) is 24.9 Å². The third kappa shape index (κ3) is 3.11. The molecule has 3 N–H and O–H groups in total. The Morgan fingerprint density at radius 1 is 0.919 bits per heavy atom. The normalized spacial score (nSPS) is 52.6. The van der Waals surface area contributed by atoms with Gasteiger partial charge in [-0.15, -0.1) is 0 Å². The van der Waals surface area contributed by atoms with Crippen molar-refractivity contribution in [2.45, 2.75) is 112 Å².